The molecule has 0 aliphatic carbocycles. The number of nitrogens with zero attached hydrogens (tertiary/aromatic N) is 1. The van der Waals surface area contributed by atoms with Gasteiger partial charge in [-0.1, -0.05) is 18.7 Å². The fourth-order valence-electron chi connectivity index (χ4n) is 1.53. The molecular formula is C16H22N2O3. The molecule has 1 amide bonds. The van der Waals surface area contributed by atoms with Crippen LogP contribution in [0.1, 0.15) is 32.0 Å². The van der Waals surface area contributed by atoms with Crippen LogP contribution in [-0.2, 0) is 17.7 Å². The van der Waals surface area contributed by atoms with Gasteiger partial charge in [-0.15, -0.1) is 0 Å². The zero-order chi connectivity index (χ0) is 15.9. The summed E-state index contributed by atoms with van der Waals surface area (Å²) in [7, 11) is 0. The Kier molecular flexibility index (Phi) is 5.96. The Bertz CT molecular complexity index is 513. The van der Waals surface area contributed by atoms with Crippen LogP contribution in [0.4, 0.5) is 4.79 Å². The van der Waals surface area contributed by atoms with Crippen molar-refractivity contribution in [3.63, 3.8) is 0 Å². The number of amides is 1. The van der Waals surface area contributed by atoms with Gasteiger partial charge < -0.3 is 15.2 Å². The van der Waals surface area contributed by atoms with E-state index in [9.17, 15) is 9.90 Å². The molecule has 0 aliphatic heterocycles. The second kappa shape index (κ2) is 7.47. The number of allylic oxidation sites excluding steroid dienone is 3. The standard InChI is InChI=1S/C16H22N2O3/c1-5-6-14(19)9-13-8-7-12(10-17-13)11-18-15(20)21-16(2,3)4/h5-8,10,19H,1,9,11H2,2-4H3,(H,18,20)/b14-6-. The van der Waals surface area contributed by atoms with Crippen LogP contribution < -0.4 is 5.32 Å². The average molecular weight is 290 g/mol. The lowest BCUT2D eigenvalue weighted by Gasteiger charge is -2.19. The molecule has 1 aromatic heterocycles. The molecule has 0 spiro atoms. The molecule has 0 aromatic carbocycles. The zero-order valence-corrected chi connectivity index (χ0v) is 12.7. The largest absolute Gasteiger partial charge is 0.512 e. The zero-order valence-electron chi connectivity index (χ0n) is 12.7. The maximum absolute atomic E-state index is 11.5. The third kappa shape index (κ3) is 7.15. The molecule has 0 radical (unpaired) electrons. The number of aliphatic hydroxyl groups excluding tert-OH is 1. The number of carbonyl (C=O) groups is 1. The first-order valence-electron chi connectivity index (χ1n) is 6.71. The molecule has 0 saturated carbocycles. The molecule has 0 fully saturated rings. The summed E-state index contributed by atoms with van der Waals surface area (Å²) in [5, 5.41) is 12.2. The summed E-state index contributed by atoms with van der Waals surface area (Å²) in [5.74, 6) is 0.206. The van der Waals surface area contributed by atoms with Gasteiger partial charge in [0.05, 0.1) is 5.76 Å². The van der Waals surface area contributed by atoms with E-state index < -0.39 is 11.7 Å². The highest BCUT2D eigenvalue weighted by atomic mass is 16.6. The van der Waals surface area contributed by atoms with E-state index >= 15 is 0 Å². The molecule has 2 N–H and O–H groups in total. The number of ether oxygens (including phenoxy) is 1. The van der Waals surface area contributed by atoms with E-state index in [-0.39, 0.29) is 5.76 Å². The summed E-state index contributed by atoms with van der Waals surface area (Å²) in [6.45, 7) is 9.29. The van der Waals surface area contributed by atoms with Gasteiger partial charge in [-0.3, -0.25) is 4.98 Å². The van der Waals surface area contributed by atoms with Crippen molar-refractivity contribution in [3.05, 3.63) is 54.1 Å². The number of rotatable bonds is 5. The Balaban J connectivity index is 2.50. The number of hydrogen-bond acceptors (Lipinski definition) is 4. The second-order valence-corrected chi connectivity index (χ2v) is 5.58. The summed E-state index contributed by atoms with van der Waals surface area (Å²) in [6.07, 6.45) is 4.60. The van der Waals surface area contributed by atoms with Crippen LogP contribution in [0.25, 0.3) is 0 Å². The number of carbonyl (C=O) groups excluding carboxylic acids is 1. The average Bonchev–Trinajstić information content (AvgIpc) is 2.36. The lowest BCUT2D eigenvalue weighted by Crippen LogP contribution is -2.32. The van der Waals surface area contributed by atoms with Gasteiger partial charge in [0.1, 0.15) is 5.60 Å². The predicted octanol–water partition coefficient (Wildman–Crippen LogP) is 3.28. The predicted molar refractivity (Wildman–Crippen MR) is 81.9 cm³/mol. The first-order valence-corrected chi connectivity index (χ1v) is 6.71. The molecule has 0 unspecified atom stereocenters. The van der Waals surface area contributed by atoms with Gasteiger partial charge in [0, 0.05) is 24.9 Å². The van der Waals surface area contributed by atoms with Gasteiger partial charge in [-0.05, 0) is 38.5 Å². The number of aromatic nitrogens is 1. The summed E-state index contributed by atoms with van der Waals surface area (Å²) < 4.78 is 5.14. The van der Waals surface area contributed by atoms with Crippen molar-refractivity contribution in [3.8, 4) is 0 Å². The van der Waals surface area contributed by atoms with Gasteiger partial charge in [0.2, 0.25) is 0 Å². The summed E-state index contributed by atoms with van der Waals surface area (Å²) in [6, 6.07) is 3.65. The number of nitrogens with one attached hydrogen (secondary N) is 1. The summed E-state index contributed by atoms with van der Waals surface area (Å²) in [5.41, 5.74) is 1.09. The van der Waals surface area contributed by atoms with Crippen molar-refractivity contribution in [2.45, 2.75) is 39.3 Å². The van der Waals surface area contributed by atoms with Gasteiger partial charge in [-0.25, -0.2) is 4.79 Å². The van der Waals surface area contributed by atoms with Crippen LogP contribution in [0.15, 0.2) is 42.8 Å². The molecule has 114 valence electrons. The third-order valence-corrected chi connectivity index (χ3v) is 2.39. The smallest absolute Gasteiger partial charge is 0.407 e. The summed E-state index contributed by atoms with van der Waals surface area (Å²) >= 11 is 0. The van der Waals surface area contributed by atoms with Crippen LogP contribution in [0.5, 0.6) is 0 Å². The van der Waals surface area contributed by atoms with E-state index in [0.29, 0.717) is 13.0 Å². The van der Waals surface area contributed by atoms with Gasteiger partial charge in [-0.2, -0.15) is 0 Å². The van der Waals surface area contributed by atoms with Gasteiger partial charge in [0.15, 0.2) is 0 Å². The SMILES string of the molecule is C=C/C=C(\O)Cc1ccc(CNC(=O)OC(C)(C)C)cn1. The quantitative estimate of drug-likeness (QED) is 0.645. The minimum atomic E-state index is -0.513. The van der Waals surface area contributed by atoms with Crippen molar-refractivity contribution in [1.29, 1.82) is 0 Å². The summed E-state index contributed by atoms with van der Waals surface area (Å²) in [4.78, 5) is 15.7. The molecule has 21 heavy (non-hydrogen) atoms. The topological polar surface area (TPSA) is 71.5 Å². The molecule has 0 bridgehead atoms. The Labute approximate surface area is 125 Å². The Morgan fingerprint density at radius 1 is 1.48 bits per heavy atom. The molecule has 5 heteroatoms. The van der Waals surface area contributed by atoms with Gasteiger partial charge in [0.25, 0.3) is 0 Å². The van der Waals surface area contributed by atoms with Crippen molar-refractivity contribution in [2.24, 2.45) is 0 Å². The van der Waals surface area contributed by atoms with Crippen LogP contribution in [0.3, 0.4) is 0 Å². The van der Waals surface area contributed by atoms with Crippen molar-refractivity contribution in [2.75, 3.05) is 0 Å². The van der Waals surface area contributed by atoms with E-state index in [0.717, 1.165) is 11.3 Å². The van der Waals surface area contributed by atoms with E-state index in [1.54, 1.807) is 12.3 Å². The van der Waals surface area contributed by atoms with Crippen molar-refractivity contribution >= 4 is 6.09 Å². The molecule has 1 aromatic rings. The highest BCUT2D eigenvalue weighted by Gasteiger charge is 2.15. The lowest BCUT2D eigenvalue weighted by atomic mass is 10.2. The first-order chi connectivity index (χ1) is 9.80. The minimum Gasteiger partial charge on any atom is -0.512 e. The molecule has 0 aliphatic rings. The Hall–Kier alpha value is -2.30. The molecule has 5 nitrogen and oxygen atoms in total. The number of pyridine rings is 1. The fraction of sp³-hybridized carbons (Fsp3) is 0.375. The highest BCUT2D eigenvalue weighted by Crippen LogP contribution is 2.08. The number of hydrogen-bond donors (Lipinski definition) is 2. The van der Waals surface area contributed by atoms with Gasteiger partial charge >= 0.3 is 6.09 Å². The van der Waals surface area contributed by atoms with Crippen LogP contribution in [-0.4, -0.2) is 21.8 Å². The molecular weight excluding hydrogens is 268 g/mol. The minimum absolute atomic E-state index is 0.206. The molecule has 0 saturated heterocycles. The maximum atomic E-state index is 11.5. The van der Waals surface area contributed by atoms with E-state index in [4.69, 9.17) is 4.74 Å². The van der Waals surface area contributed by atoms with E-state index in [1.165, 1.54) is 12.2 Å². The Morgan fingerprint density at radius 2 is 2.19 bits per heavy atom. The fourth-order valence-corrected chi connectivity index (χ4v) is 1.53. The van der Waals surface area contributed by atoms with Crippen LogP contribution in [0.2, 0.25) is 0 Å². The second-order valence-electron chi connectivity index (χ2n) is 5.58. The number of aliphatic hydroxyl groups is 1. The third-order valence-electron chi connectivity index (χ3n) is 2.39. The first kappa shape index (κ1) is 16.8. The number of alkyl carbamates (subject to hydrolysis) is 1. The maximum Gasteiger partial charge on any atom is 0.407 e. The Morgan fingerprint density at radius 3 is 2.71 bits per heavy atom. The van der Waals surface area contributed by atoms with Crippen molar-refractivity contribution < 1.29 is 14.6 Å². The molecule has 0 atom stereocenters. The highest BCUT2D eigenvalue weighted by molar-refractivity contribution is 5.67. The molecule has 1 rings (SSSR count). The van der Waals surface area contributed by atoms with E-state index in [1.807, 2.05) is 26.8 Å². The molecule has 1 heterocycles. The van der Waals surface area contributed by atoms with Crippen LogP contribution in [0, 0.1) is 0 Å². The van der Waals surface area contributed by atoms with E-state index in [2.05, 4.69) is 16.9 Å². The normalized spacial score (nSPS) is 11.9. The van der Waals surface area contributed by atoms with Crippen molar-refractivity contribution in [1.82, 2.24) is 10.3 Å². The van der Waals surface area contributed by atoms with Crippen LogP contribution >= 0.6 is 0 Å². The lowest BCUT2D eigenvalue weighted by molar-refractivity contribution is 0.0523. The monoisotopic (exact) mass is 290 g/mol.